The van der Waals surface area contributed by atoms with Gasteiger partial charge in [-0.25, -0.2) is 9.97 Å². The number of amides is 1. The van der Waals surface area contributed by atoms with E-state index in [4.69, 9.17) is 10.5 Å². The van der Waals surface area contributed by atoms with Crippen molar-refractivity contribution >= 4 is 22.8 Å². The maximum Gasteiger partial charge on any atom is 0.217 e. The molecule has 4 N–H and O–H groups in total. The number of aromatic nitrogens is 3. The van der Waals surface area contributed by atoms with E-state index in [9.17, 15) is 4.79 Å². The molecule has 4 rings (SSSR count). The van der Waals surface area contributed by atoms with Crippen LogP contribution in [0.25, 0.3) is 22.3 Å². The molecule has 0 saturated carbocycles. The van der Waals surface area contributed by atoms with Gasteiger partial charge in [0.05, 0.1) is 12.0 Å². The molecule has 1 aromatic carbocycles. The summed E-state index contributed by atoms with van der Waals surface area (Å²) >= 11 is 0. The van der Waals surface area contributed by atoms with E-state index in [-0.39, 0.29) is 11.9 Å². The first kappa shape index (κ1) is 32.1. The second-order valence-corrected chi connectivity index (χ2v) is 11.2. The minimum atomic E-state index is -0.208. The number of fused-ring (bicyclic) bond motifs is 1. The summed E-state index contributed by atoms with van der Waals surface area (Å²) in [6, 6.07) is 10.9. The fourth-order valence-corrected chi connectivity index (χ4v) is 5.40. The van der Waals surface area contributed by atoms with Crippen molar-refractivity contribution in [3.05, 3.63) is 79.2 Å². The quantitative estimate of drug-likeness (QED) is 0.137. The van der Waals surface area contributed by atoms with Gasteiger partial charge in [0.25, 0.3) is 0 Å². The molecule has 2 aromatic heterocycles. The van der Waals surface area contributed by atoms with Gasteiger partial charge in [-0.1, -0.05) is 68.5 Å². The van der Waals surface area contributed by atoms with Crippen LogP contribution >= 0.6 is 0 Å². The number of aromatic amines is 1. The van der Waals surface area contributed by atoms with E-state index in [1.54, 1.807) is 12.4 Å². The van der Waals surface area contributed by atoms with Crippen molar-refractivity contribution in [3.63, 3.8) is 0 Å². The molecule has 0 unspecified atom stereocenters. The Morgan fingerprint density at radius 2 is 1.81 bits per heavy atom. The fourth-order valence-electron chi connectivity index (χ4n) is 5.40. The van der Waals surface area contributed by atoms with Crippen LogP contribution < -0.4 is 11.1 Å². The smallest absolute Gasteiger partial charge is 0.217 e. The van der Waals surface area contributed by atoms with E-state index >= 15 is 0 Å². The van der Waals surface area contributed by atoms with E-state index in [0.29, 0.717) is 6.42 Å². The molecule has 9 heteroatoms. The van der Waals surface area contributed by atoms with Gasteiger partial charge in [0, 0.05) is 64.0 Å². The van der Waals surface area contributed by atoms with Crippen molar-refractivity contribution in [3.8, 4) is 11.3 Å². The Bertz CT molecular complexity index is 1360. The summed E-state index contributed by atoms with van der Waals surface area (Å²) in [5, 5.41) is 4.44. The molecule has 0 bridgehead atoms. The Morgan fingerprint density at radius 3 is 2.53 bits per heavy atom. The first-order valence-corrected chi connectivity index (χ1v) is 15.4. The standard InChI is InChI=1S/C34H47N7O2/c1-4-10-28(5-2)26(3)38-33-30-23-31(39-34(30)37-25-36-33)29-14-12-27(13-15-29)24-41-18-16-40(17-19-41)20-22-43-21-9-7-6-8-11-32(35)42/h4-5,10,12-15,23,25-26H,1-2,6-9,11,16-22,24H2,3H3,(H2,35,42)(H2,36,37,38,39)/b28-10+/t26-/m1/s1. The largest absolute Gasteiger partial charge is 0.380 e. The Balaban J connectivity index is 1.21. The third-order valence-corrected chi connectivity index (χ3v) is 7.97. The predicted octanol–water partition coefficient (Wildman–Crippen LogP) is 5.29. The molecule has 1 aliphatic heterocycles. The zero-order valence-electron chi connectivity index (χ0n) is 25.6. The molecular formula is C34H47N7O2. The Morgan fingerprint density at radius 1 is 1.07 bits per heavy atom. The number of nitrogens with one attached hydrogen (secondary N) is 2. The van der Waals surface area contributed by atoms with Gasteiger partial charge in [-0.05, 0) is 42.5 Å². The zero-order valence-corrected chi connectivity index (χ0v) is 25.6. The molecule has 43 heavy (non-hydrogen) atoms. The third kappa shape index (κ3) is 9.88. The van der Waals surface area contributed by atoms with Crippen LogP contribution in [-0.2, 0) is 16.1 Å². The van der Waals surface area contributed by atoms with Crippen LogP contribution in [0.4, 0.5) is 5.82 Å². The van der Waals surface area contributed by atoms with Crippen LogP contribution in [0.1, 0.15) is 44.6 Å². The molecule has 1 aliphatic rings. The normalized spacial score (nSPS) is 15.4. The highest BCUT2D eigenvalue weighted by molar-refractivity contribution is 5.91. The molecule has 0 aliphatic carbocycles. The average Bonchev–Trinajstić information content (AvgIpc) is 3.45. The summed E-state index contributed by atoms with van der Waals surface area (Å²) in [6.07, 6.45) is 11.7. The van der Waals surface area contributed by atoms with E-state index < -0.39 is 0 Å². The lowest BCUT2D eigenvalue weighted by Gasteiger charge is -2.34. The molecule has 9 nitrogen and oxygen atoms in total. The first-order valence-electron chi connectivity index (χ1n) is 15.4. The van der Waals surface area contributed by atoms with E-state index in [1.807, 2.05) is 12.2 Å². The zero-order chi connectivity index (χ0) is 30.4. The van der Waals surface area contributed by atoms with Gasteiger partial charge < -0.3 is 20.8 Å². The van der Waals surface area contributed by atoms with Crippen molar-refractivity contribution in [2.24, 2.45) is 5.73 Å². The topological polar surface area (TPSA) is 112 Å². The highest BCUT2D eigenvalue weighted by Gasteiger charge is 2.17. The Kier molecular flexibility index (Phi) is 12.5. The summed E-state index contributed by atoms with van der Waals surface area (Å²) in [4.78, 5) is 28.2. The van der Waals surface area contributed by atoms with Gasteiger partial charge in [0.2, 0.25) is 5.91 Å². The minimum Gasteiger partial charge on any atom is -0.380 e. The molecule has 3 aromatic rings. The van der Waals surface area contributed by atoms with E-state index in [2.05, 4.69) is 80.5 Å². The third-order valence-electron chi connectivity index (χ3n) is 7.97. The summed E-state index contributed by atoms with van der Waals surface area (Å²) in [7, 11) is 0. The number of H-pyrrole nitrogens is 1. The Hall–Kier alpha value is -3.79. The van der Waals surface area contributed by atoms with Crippen molar-refractivity contribution in [1.82, 2.24) is 24.8 Å². The van der Waals surface area contributed by atoms with Gasteiger partial charge in [0.1, 0.15) is 17.8 Å². The number of benzene rings is 1. The first-order chi connectivity index (χ1) is 21.0. The molecule has 1 fully saturated rings. The van der Waals surface area contributed by atoms with Crippen molar-refractivity contribution in [1.29, 1.82) is 0 Å². The average molecular weight is 586 g/mol. The minimum absolute atomic E-state index is 0.0313. The summed E-state index contributed by atoms with van der Waals surface area (Å²) in [5.41, 5.74) is 10.5. The maximum atomic E-state index is 10.8. The molecule has 0 radical (unpaired) electrons. The monoisotopic (exact) mass is 585 g/mol. The number of anilines is 1. The van der Waals surface area contributed by atoms with Crippen LogP contribution in [-0.4, -0.2) is 82.6 Å². The number of hydrogen-bond donors (Lipinski definition) is 3. The maximum absolute atomic E-state index is 10.8. The number of primary amides is 1. The second kappa shape index (κ2) is 16.7. The molecular weight excluding hydrogens is 538 g/mol. The van der Waals surface area contributed by atoms with Crippen molar-refractivity contribution < 1.29 is 9.53 Å². The molecule has 1 saturated heterocycles. The highest BCUT2D eigenvalue weighted by atomic mass is 16.5. The lowest BCUT2D eigenvalue weighted by molar-refractivity contribution is -0.118. The van der Waals surface area contributed by atoms with Gasteiger partial charge in [0.15, 0.2) is 0 Å². The lowest BCUT2D eigenvalue weighted by Crippen LogP contribution is -2.46. The van der Waals surface area contributed by atoms with Crippen LogP contribution in [0, 0.1) is 0 Å². The van der Waals surface area contributed by atoms with Crippen LogP contribution in [0.5, 0.6) is 0 Å². The number of nitrogens with two attached hydrogens (primary N) is 1. The van der Waals surface area contributed by atoms with Gasteiger partial charge in [-0.15, -0.1) is 0 Å². The number of carbonyl (C=O) groups excluding carboxylic acids is 1. The number of carbonyl (C=O) groups is 1. The summed E-state index contributed by atoms with van der Waals surface area (Å²) < 4.78 is 5.83. The SMILES string of the molecule is C=C/C=C(\C=C)[C@@H](C)Nc1ncnc2[nH]c(-c3ccc(CN4CCN(CCOCCCCCCC(N)=O)CC4)cc3)cc12. The van der Waals surface area contributed by atoms with Gasteiger partial charge in [-0.3, -0.25) is 14.6 Å². The van der Waals surface area contributed by atoms with Gasteiger partial charge >= 0.3 is 0 Å². The highest BCUT2D eigenvalue weighted by Crippen LogP contribution is 2.28. The summed E-state index contributed by atoms with van der Waals surface area (Å²) in [5.74, 6) is 0.578. The Labute approximate surface area is 255 Å². The number of allylic oxidation sites excluding steroid dienone is 2. The van der Waals surface area contributed by atoms with Crippen LogP contribution in [0.2, 0.25) is 0 Å². The summed E-state index contributed by atoms with van der Waals surface area (Å²) in [6.45, 7) is 17.5. The molecule has 3 heterocycles. The molecule has 1 atom stereocenters. The molecule has 230 valence electrons. The fraction of sp³-hybridized carbons (Fsp3) is 0.441. The molecule has 0 spiro atoms. The predicted molar refractivity (Wildman–Crippen MR) is 176 cm³/mol. The van der Waals surface area contributed by atoms with Crippen molar-refractivity contribution in [2.45, 2.75) is 51.6 Å². The number of unbranched alkanes of at least 4 members (excludes halogenated alkanes) is 3. The number of nitrogens with zero attached hydrogens (tertiary/aromatic N) is 4. The number of rotatable bonds is 18. The van der Waals surface area contributed by atoms with Crippen LogP contribution in [0.3, 0.4) is 0 Å². The van der Waals surface area contributed by atoms with Gasteiger partial charge in [-0.2, -0.15) is 0 Å². The van der Waals surface area contributed by atoms with E-state index in [0.717, 1.165) is 112 Å². The van der Waals surface area contributed by atoms with Crippen LogP contribution in [0.15, 0.2) is 73.6 Å². The van der Waals surface area contributed by atoms with Crippen molar-refractivity contribution in [2.75, 3.05) is 51.3 Å². The number of hydrogen-bond acceptors (Lipinski definition) is 7. The molecule has 1 amide bonds. The van der Waals surface area contributed by atoms with E-state index in [1.165, 1.54) is 5.56 Å². The number of ether oxygens (including phenoxy) is 1. The lowest BCUT2D eigenvalue weighted by atomic mass is 10.1. The number of piperazine rings is 1. The second-order valence-electron chi connectivity index (χ2n) is 11.2.